The third-order valence-corrected chi connectivity index (χ3v) is 9.77. The van der Waals surface area contributed by atoms with Crippen LogP contribution in [0.25, 0.3) is 0 Å². The van der Waals surface area contributed by atoms with E-state index in [9.17, 15) is 13.2 Å². The van der Waals surface area contributed by atoms with Gasteiger partial charge in [0.15, 0.2) is 0 Å². The Hall–Kier alpha value is -1.70. The van der Waals surface area contributed by atoms with Gasteiger partial charge in [0, 0.05) is 30.4 Å². The number of hydrogen-bond acceptors (Lipinski definition) is 4. The second-order valence-electron chi connectivity index (χ2n) is 8.66. The van der Waals surface area contributed by atoms with Crippen molar-refractivity contribution in [2.24, 2.45) is 5.92 Å². The normalized spacial score (nSPS) is 20.9. The summed E-state index contributed by atoms with van der Waals surface area (Å²) < 4.78 is 28.2. The minimum atomic E-state index is -3.55. The van der Waals surface area contributed by atoms with Gasteiger partial charge in [0.05, 0.1) is 10.9 Å². The average molecular weight is 447 g/mol. The zero-order valence-electron chi connectivity index (χ0n) is 18.1. The standard InChI is InChI=1S/C23H30N2O3S2/c1-15-13-16(2)22(17(3)14-15)30(27,28)24-9-5-19(6-10-24)23(26)25-11-7-21-20(18(25)4)8-12-29-21/h8,12-14,18-19H,5-7,9-11H2,1-4H3/t18-/m0/s1. The van der Waals surface area contributed by atoms with Crippen LogP contribution in [0.2, 0.25) is 0 Å². The van der Waals surface area contributed by atoms with Crippen molar-refractivity contribution in [2.75, 3.05) is 19.6 Å². The molecule has 1 atom stereocenters. The predicted octanol–water partition coefficient (Wildman–Crippen LogP) is 4.22. The number of thiophene rings is 1. The van der Waals surface area contributed by atoms with Crippen LogP contribution in [0.4, 0.5) is 0 Å². The van der Waals surface area contributed by atoms with Gasteiger partial charge in [-0.2, -0.15) is 4.31 Å². The van der Waals surface area contributed by atoms with Gasteiger partial charge in [0.1, 0.15) is 0 Å². The molecule has 0 spiro atoms. The Morgan fingerprint density at radius 1 is 1.07 bits per heavy atom. The van der Waals surface area contributed by atoms with Crippen molar-refractivity contribution < 1.29 is 13.2 Å². The molecule has 4 rings (SSSR count). The summed E-state index contributed by atoms with van der Waals surface area (Å²) in [5.74, 6) is 0.0818. The van der Waals surface area contributed by atoms with Crippen LogP contribution in [-0.2, 0) is 21.2 Å². The summed E-state index contributed by atoms with van der Waals surface area (Å²) in [4.78, 5) is 17.0. The van der Waals surface area contributed by atoms with Gasteiger partial charge in [0.2, 0.25) is 15.9 Å². The number of sulfonamides is 1. The maximum Gasteiger partial charge on any atom is 0.243 e. The first-order chi connectivity index (χ1) is 14.2. The molecule has 0 unspecified atom stereocenters. The fraction of sp³-hybridized carbons (Fsp3) is 0.522. The lowest BCUT2D eigenvalue weighted by atomic mass is 9.93. The highest BCUT2D eigenvalue weighted by Crippen LogP contribution is 2.35. The van der Waals surface area contributed by atoms with Crippen LogP contribution < -0.4 is 0 Å². The lowest BCUT2D eigenvalue weighted by molar-refractivity contribution is -0.139. The molecular formula is C23H30N2O3S2. The summed E-state index contributed by atoms with van der Waals surface area (Å²) in [7, 11) is -3.55. The molecule has 0 saturated carbocycles. The number of piperidine rings is 1. The second-order valence-corrected chi connectivity index (χ2v) is 11.5. The number of aryl methyl sites for hydroxylation is 3. The number of carbonyl (C=O) groups is 1. The summed E-state index contributed by atoms with van der Waals surface area (Å²) in [5, 5.41) is 2.10. The van der Waals surface area contributed by atoms with Crippen LogP contribution in [0.5, 0.6) is 0 Å². The largest absolute Gasteiger partial charge is 0.335 e. The Labute approximate surface area is 183 Å². The molecule has 7 heteroatoms. The Bertz CT molecular complexity index is 1040. The molecule has 1 fully saturated rings. The topological polar surface area (TPSA) is 57.7 Å². The number of hydrogen-bond donors (Lipinski definition) is 0. The van der Waals surface area contributed by atoms with E-state index in [1.807, 2.05) is 37.8 Å². The summed E-state index contributed by atoms with van der Waals surface area (Å²) in [6, 6.07) is 6.08. The first-order valence-electron chi connectivity index (χ1n) is 10.6. The van der Waals surface area contributed by atoms with Crippen LogP contribution in [-0.4, -0.2) is 43.2 Å². The smallest absolute Gasteiger partial charge is 0.243 e. The summed E-state index contributed by atoms with van der Waals surface area (Å²) in [5.41, 5.74) is 3.92. The Morgan fingerprint density at radius 3 is 2.33 bits per heavy atom. The van der Waals surface area contributed by atoms with E-state index in [-0.39, 0.29) is 17.9 Å². The van der Waals surface area contributed by atoms with Gasteiger partial charge in [0.25, 0.3) is 0 Å². The molecule has 0 N–H and O–H groups in total. The molecule has 0 aliphatic carbocycles. The van der Waals surface area contributed by atoms with Crippen molar-refractivity contribution in [3.8, 4) is 0 Å². The van der Waals surface area contributed by atoms with Crippen LogP contribution in [0, 0.1) is 26.7 Å². The highest BCUT2D eigenvalue weighted by Gasteiger charge is 2.37. The molecule has 3 heterocycles. The number of nitrogens with zero attached hydrogens (tertiary/aromatic N) is 2. The zero-order chi connectivity index (χ0) is 21.6. The minimum Gasteiger partial charge on any atom is -0.335 e. The molecule has 30 heavy (non-hydrogen) atoms. The van der Waals surface area contributed by atoms with E-state index in [0.717, 1.165) is 29.7 Å². The third kappa shape index (κ3) is 3.72. The third-order valence-electron chi connectivity index (χ3n) is 6.57. The van der Waals surface area contributed by atoms with E-state index in [1.165, 1.54) is 10.4 Å². The molecular weight excluding hydrogens is 416 g/mol. The molecule has 2 aliphatic rings. The van der Waals surface area contributed by atoms with Crippen LogP contribution in [0.1, 0.15) is 52.9 Å². The number of amides is 1. The molecule has 5 nitrogen and oxygen atoms in total. The van der Waals surface area contributed by atoms with Crippen molar-refractivity contribution in [1.29, 1.82) is 0 Å². The number of fused-ring (bicyclic) bond motifs is 1. The highest BCUT2D eigenvalue weighted by molar-refractivity contribution is 7.89. The Morgan fingerprint density at radius 2 is 1.70 bits per heavy atom. The van der Waals surface area contributed by atoms with Crippen molar-refractivity contribution in [3.05, 3.63) is 50.7 Å². The number of rotatable bonds is 3. The quantitative estimate of drug-likeness (QED) is 0.709. The molecule has 2 aliphatic heterocycles. The summed E-state index contributed by atoms with van der Waals surface area (Å²) >= 11 is 1.77. The second kappa shape index (κ2) is 8.09. The molecule has 1 aromatic carbocycles. The van der Waals surface area contributed by atoms with Crippen molar-refractivity contribution >= 4 is 27.3 Å². The summed E-state index contributed by atoms with van der Waals surface area (Å²) in [6.45, 7) is 9.36. The molecule has 1 amide bonds. The van der Waals surface area contributed by atoms with E-state index in [2.05, 4.69) is 18.4 Å². The molecule has 1 saturated heterocycles. The number of benzene rings is 1. The monoisotopic (exact) mass is 446 g/mol. The molecule has 0 radical (unpaired) electrons. The Balaban J connectivity index is 1.46. The van der Waals surface area contributed by atoms with Crippen LogP contribution in [0.15, 0.2) is 28.5 Å². The maximum atomic E-state index is 13.3. The first kappa shape index (κ1) is 21.5. The van der Waals surface area contributed by atoms with E-state index in [4.69, 9.17) is 0 Å². The Kier molecular flexibility index (Phi) is 5.81. The maximum absolute atomic E-state index is 13.3. The van der Waals surface area contributed by atoms with Gasteiger partial charge >= 0.3 is 0 Å². The van der Waals surface area contributed by atoms with E-state index in [1.54, 1.807) is 15.6 Å². The number of carbonyl (C=O) groups excluding carboxylic acids is 1. The van der Waals surface area contributed by atoms with Crippen molar-refractivity contribution in [1.82, 2.24) is 9.21 Å². The SMILES string of the molecule is Cc1cc(C)c(S(=O)(=O)N2CCC(C(=O)N3CCc4sccc4[C@@H]3C)CC2)c(C)c1. The molecule has 1 aromatic heterocycles. The first-order valence-corrected chi connectivity index (χ1v) is 13.0. The average Bonchev–Trinajstić information content (AvgIpc) is 3.16. The van der Waals surface area contributed by atoms with Gasteiger partial charge in [-0.05, 0) is 75.1 Å². The lowest BCUT2D eigenvalue weighted by Gasteiger charge is -2.38. The minimum absolute atomic E-state index is 0.0979. The van der Waals surface area contributed by atoms with E-state index < -0.39 is 10.0 Å². The van der Waals surface area contributed by atoms with Gasteiger partial charge < -0.3 is 4.90 Å². The molecule has 162 valence electrons. The van der Waals surface area contributed by atoms with E-state index in [0.29, 0.717) is 30.8 Å². The van der Waals surface area contributed by atoms with Crippen molar-refractivity contribution in [3.63, 3.8) is 0 Å². The van der Waals surface area contributed by atoms with Crippen LogP contribution in [0.3, 0.4) is 0 Å². The zero-order valence-corrected chi connectivity index (χ0v) is 19.8. The van der Waals surface area contributed by atoms with Gasteiger partial charge in [-0.3, -0.25) is 4.79 Å². The highest BCUT2D eigenvalue weighted by atomic mass is 32.2. The molecule has 0 bridgehead atoms. The fourth-order valence-corrected chi connectivity index (χ4v) is 7.94. The van der Waals surface area contributed by atoms with Gasteiger partial charge in [-0.15, -0.1) is 11.3 Å². The predicted molar refractivity (Wildman–Crippen MR) is 120 cm³/mol. The van der Waals surface area contributed by atoms with Crippen LogP contribution >= 0.6 is 11.3 Å². The van der Waals surface area contributed by atoms with Gasteiger partial charge in [-0.25, -0.2) is 8.42 Å². The lowest BCUT2D eigenvalue weighted by Crippen LogP contribution is -2.46. The molecule has 2 aromatic rings. The fourth-order valence-electron chi connectivity index (χ4n) is 5.09. The van der Waals surface area contributed by atoms with Crippen molar-refractivity contribution in [2.45, 2.75) is 57.9 Å². The summed E-state index contributed by atoms with van der Waals surface area (Å²) in [6.07, 6.45) is 2.09. The van der Waals surface area contributed by atoms with Gasteiger partial charge in [-0.1, -0.05) is 17.7 Å². The van der Waals surface area contributed by atoms with E-state index >= 15 is 0 Å².